The van der Waals surface area contributed by atoms with Gasteiger partial charge in [-0.2, -0.15) is 0 Å². The van der Waals surface area contributed by atoms with Crippen molar-refractivity contribution in [3.63, 3.8) is 0 Å². The second kappa shape index (κ2) is 59.9. The van der Waals surface area contributed by atoms with Crippen LogP contribution in [-0.4, -0.2) is 37.9 Å². The van der Waals surface area contributed by atoms with Crippen molar-refractivity contribution in [2.45, 2.75) is 271 Å². The average molecular weight is 972 g/mol. The van der Waals surface area contributed by atoms with Crippen LogP contribution in [0.2, 0.25) is 0 Å². The van der Waals surface area contributed by atoms with Crippen LogP contribution in [0.25, 0.3) is 0 Å². The van der Waals surface area contributed by atoms with Crippen molar-refractivity contribution in [3.05, 3.63) is 109 Å². The summed E-state index contributed by atoms with van der Waals surface area (Å²) in [5.41, 5.74) is 0. The molecular weight excluding hydrogens is 861 g/mol. The number of hydrogen-bond acceptors (Lipinski definition) is 5. The van der Waals surface area contributed by atoms with Gasteiger partial charge >= 0.3 is 11.9 Å². The predicted octanol–water partition coefficient (Wildman–Crippen LogP) is 20.3. The summed E-state index contributed by atoms with van der Waals surface area (Å²) in [6.07, 6.45) is 82.5. The highest BCUT2D eigenvalue weighted by Crippen LogP contribution is 2.14. The molecule has 0 aliphatic rings. The number of rotatable bonds is 53. The number of ether oxygens (including phenoxy) is 3. The van der Waals surface area contributed by atoms with E-state index in [1.807, 2.05) is 0 Å². The first-order valence-corrected chi connectivity index (χ1v) is 29.4. The van der Waals surface area contributed by atoms with E-state index in [4.69, 9.17) is 14.2 Å². The summed E-state index contributed by atoms with van der Waals surface area (Å²) < 4.78 is 17.4. The van der Waals surface area contributed by atoms with E-state index < -0.39 is 6.10 Å². The normalized spacial score (nSPS) is 13.0. The minimum atomic E-state index is -0.573. The van der Waals surface area contributed by atoms with Gasteiger partial charge < -0.3 is 14.2 Å². The molecule has 0 aromatic rings. The molecule has 0 aliphatic carbocycles. The van der Waals surface area contributed by atoms with E-state index in [1.54, 1.807) is 0 Å². The van der Waals surface area contributed by atoms with Crippen LogP contribution in [0.15, 0.2) is 109 Å². The molecule has 5 nitrogen and oxygen atoms in total. The molecule has 0 spiro atoms. The van der Waals surface area contributed by atoms with E-state index in [0.717, 1.165) is 109 Å². The molecule has 400 valence electrons. The Hall–Kier alpha value is -3.44. The summed E-state index contributed by atoms with van der Waals surface area (Å²) in [6, 6.07) is 0. The number of carbonyl (C=O) groups excluding carboxylic acids is 2. The van der Waals surface area contributed by atoms with Gasteiger partial charge in [-0.15, -0.1) is 0 Å². The van der Waals surface area contributed by atoms with Crippen LogP contribution in [0.4, 0.5) is 0 Å². The molecule has 0 heterocycles. The Morgan fingerprint density at radius 1 is 0.329 bits per heavy atom. The highest BCUT2D eigenvalue weighted by molar-refractivity contribution is 5.70. The second-order valence-electron chi connectivity index (χ2n) is 19.2. The summed E-state index contributed by atoms with van der Waals surface area (Å²) in [5, 5.41) is 0. The largest absolute Gasteiger partial charge is 0.462 e. The molecule has 5 heteroatoms. The average Bonchev–Trinajstić information content (AvgIpc) is 3.36. The SMILES string of the molecule is CC/C=C\C/C=C\C/C=C\C/C=C\C/C=C\CCCCOCC(COC(=O)CCCCCCCCCCC/C=C\C/C=C\CCCCC)OC(=O)CCCCCCCCC/C=C\C/C=C\CCCCC. The molecule has 1 unspecified atom stereocenters. The van der Waals surface area contributed by atoms with Crippen LogP contribution in [0.5, 0.6) is 0 Å². The third-order valence-corrected chi connectivity index (χ3v) is 12.3. The van der Waals surface area contributed by atoms with Crippen molar-refractivity contribution >= 4 is 11.9 Å². The molecule has 70 heavy (non-hydrogen) atoms. The fraction of sp³-hybridized carbons (Fsp3) is 0.692. The van der Waals surface area contributed by atoms with E-state index in [9.17, 15) is 9.59 Å². The third kappa shape index (κ3) is 57.1. The molecule has 0 aliphatic heterocycles. The predicted molar refractivity (Wildman–Crippen MR) is 306 cm³/mol. The van der Waals surface area contributed by atoms with Gasteiger partial charge in [-0.3, -0.25) is 9.59 Å². The molecule has 0 amide bonds. The molecular formula is C65H110O5. The van der Waals surface area contributed by atoms with E-state index in [2.05, 4.69) is 130 Å². The molecule has 0 saturated heterocycles. The van der Waals surface area contributed by atoms with Crippen LogP contribution >= 0.6 is 0 Å². The van der Waals surface area contributed by atoms with Crippen LogP contribution in [0.3, 0.4) is 0 Å². The summed E-state index contributed by atoms with van der Waals surface area (Å²) >= 11 is 0. The lowest BCUT2D eigenvalue weighted by Crippen LogP contribution is -2.30. The van der Waals surface area contributed by atoms with E-state index in [-0.39, 0.29) is 25.2 Å². The van der Waals surface area contributed by atoms with E-state index in [1.165, 1.54) is 122 Å². The molecule has 0 aromatic carbocycles. The van der Waals surface area contributed by atoms with Crippen molar-refractivity contribution in [2.75, 3.05) is 19.8 Å². The fourth-order valence-electron chi connectivity index (χ4n) is 7.89. The van der Waals surface area contributed by atoms with Gasteiger partial charge in [0.15, 0.2) is 6.10 Å². The molecule has 0 aromatic heterocycles. The number of esters is 2. The maximum atomic E-state index is 12.9. The summed E-state index contributed by atoms with van der Waals surface area (Å²) in [6.45, 7) is 7.56. The molecule has 0 bridgehead atoms. The fourth-order valence-corrected chi connectivity index (χ4v) is 7.89. The van der Waals surface area contributed by atoms with Crippen LogP contribution in [0.1, 0.15) is 265 Å². The van der Waals surface area contributed by atoms with Gasteiger partial charge in [0.25, 0.3) is 0 Å². The van der Waals surface area contributed by atoms with Gasteiger partial charge in [0.1, 0.15) is 6.61 Å². The second-order valence-corrected chi connectivity index (χ2v) is 19.2. The van der Waals surface area contributed by atoms with Gasteiger partial charge in [0.05, 0.1) is 6.61 Å². The van der Waals surface area contributed by atoms with Crippen LogP contribution in [-0.2, 0) is 23.8 Å². The third-order valence-electron chi connectivity index (χ3n) is 12.3. The number of unbranched alkanes of at least 4 members (excludes halogenated alkanes) is 24. The van der Waals surface area contributed by atoms with Crippen molar-refractivity contribution in [1.29, 1.82) is 0 Å². The van der Waals surface area contributed by atoms with Gasteiger partial charge in [0, 0.05) is 19.4 Å². The van der Waals surface area contributed by atoms with Crippen molar-refractivity contribution in [3.8, 4) is 0 Å². The monoisotopic (exact) mass is 971 g/mol. The topological polar surface area (TPSA) is 61.8 Å². The molecule has 1 atom stereocenters. The molecule has 0 saturated carbocycles. The zero-order valence-corrected chi connectivity index (χ0v) is 46.0. The Morgan fingerprint density at radius 3 is 1.03 bits per heavy atom. The van der Waals surface area contributed by atoms with Crippen molar-refractivity contribution < 1.29 is 23.8 Å². The highest BCUT2D eigenvalue weighted by atomic mass is 16.6. The minimum Gasteiger partial charge on any atom is -0.462 e. The Bertz CT molecular complexity index is 1380. The maximum absolute atomic E-state index is 12.9. The molecule has 0 fully saturated rings. The van der Waals surface area contributed by atoms with E-state index in [0.29, 0.717) is 19.4 Å². The first kappa shape index (κ1) is 66.6. The van der Waals surface area contributed by atoms with Crippen LogP contribution < -0.4 is 0 Å². The first-order valence-electron chi connectivity index (χ1n) is 29.4. The molecule has 0 N–H and O–H groups in total. The van der Waals surface area contributed by atoms with Gasteiger partial charge in [0.2, 0.25) is 0 Å². The lowest BCUT2D eigenvalue weighted by Gasteiger charge is -2.18. The van der Waals surface area contributed by atoms with E-state index >= 15 is 0 Å². The van der Waals surface area contributed by atoms with Crippen LogP contribution in [0, 0.1) is 0 Å². The smallest absolute Gasteiger partial charge is 0.306 e. The molecule has 0 rings (SSSR count). The highest BCUT2D eigenvalue weighted by Gasteiger charge is 2.17. The van der Waals surface area contributed by atoms with Gasteiger partial charge in [-0.05, 0) is 128 Å². The summed E-state index contributed by atoms with van der Waals surface area (Å²) in [7, 11) is 0. The van der Waals surface area contributed by atoms with Gasteiger partial charge in [-0.1, -0.05) is 233 Å². The lowest BCUT2D eigenvalue weighted by molar-refractivity contribution is -0.163. The zero-order chi connectivity index (χ0) is 50.6. The first-order chi connectivity index (χ1) is 34.6. The van der Waals surface area contributed by atoms with Crippen molar-refractivity contribution in [1.82, 2.24) is 0 Å². The quantitative estimate of drug-likeness (QED) is 0.0345. The minimum absolute atomic E-state index is 0.0571. The van der Waals surface area contributed by atoms with Crippen molar-refractivity contribution in [2.24, 2.45) is 0 Å². The standard InChI is InChI=1S/C65H110O5/c1-4-7-10-13-16-19-22-25-28-31-33-35-37-40-43-46-49-52-55-58-64(66)69-62-63(61-68-60-57-54-51-48-45-42-39-36-32-29-26-23-20-17-14-11-8-5-2)70-65(67)59-56-53-50-47-44-41-38-34-30-27-24-21-18-15-12-9-6-3/h8,11,16-21,25-30,36,39,45,48,63H,4-7,9-10,12-15,22-24,31-35,37-38,40-44,46-47,49-62H2,1-3H3/b11-8-,19-16-,20-17-,21-18-,28-25-,29-26-,30-27-,39-36-,48-45-. The zero-order valence-electron chi connectivity index (χ0n) is 46.0. The summed E-state index contributed by atoms with van der Waals surface area (Å²) in [5.74, 6) is -0.435. The number of carbonyl (C=O) groups is 2. The Kier molecular flexibility index (Phi) is 56.9. The number of hydrogen-bond donors (Lipinski definition) is 0. The number of allylic oxidation sites excluding steroid dienone is 18. The van der Waals surface area contributed by atoms with Gasteiger partial charge in [-0.25, -0.2) is 0 Å². The Balaban J connectivity index is 4.38. The summed E-state index contributed by atoms with van der Waals surface area (Å²) in [4.78, 5) is 25.6. The Morgan fingerprint density at radius 2 is 0.643 bits per heavy atom. The maximum Gasteiger partial charge on any atom is 0.306 e. The lowest BCUT2D eigenvalue weighted by atomic mass is 10.1. The molecule has 0 radical (unpaired) electrons. The Labute approximate surface area is 434 Å².